The van der Waals surface area contributed by atoms with Crippen molar-refractivity contribution in [2.24, 2.45) is 11.8 Å². The topological polar surface area (TPSA) is 29.0 Å². The number of halogens is 1. The smallest absolute Gasteiger partial charge is 0.171 e. The van der Waals surface area contributed by atoms with Crippen LogP contribution in [0.25, 0.3) is 0 Å². The Balaban J connectivity index is 1.76. The Bertz CT molecular complexity index is 360. The van der Waals surface area contributed by atoms with E-state index in [0.29, 0.717) is 5.15 Å². The monoisotopic (exact) mass is 237 g/mol. The molecule has 0 radical (unpaired) electrons. The van der Waals surface area contributed by atoms with E-state index in [1.54, 1.807) is 12.4 Å². The highest BCUT2D eigenvalue weighted by atomic mass is 35.5. The van der Waals surface area contributed by atoms with E-state index >= 15 is 0 Å². The molecule has 0 N–H and O–H groups in total. The molecule has 1 heterocycles. The van der Waals surface area contributed by atoms with Crippen LogP contribution in [0.5, 0.6) is 0 Å². The van der Waals surface area contributed by atoms with Crippen molar-refractivity contribution < 1.29 is 0 Å². The van der Waals surface area contributed by atoms with Gasteiger partial charge < -0.3 is 4.90 Å². The van der Waals surface area contributed by atoms with Gasteiger partial charge in [0.15, 0.2) is 11.0 Å². The van der Waals surface area contributed by atoms with Gasteiger partial charge in [-0.05, 0) is 37.5 Å². The maximum absolute atomic E-state index is 6.11. The van der Waals surface area contributed by atoms with Gasteiger partial charge in [-0.3, -0.25) is 0 Å². The van der Waals surface area contributed by atoms with Crippen molar-refractivity contribution in [3.05, 3.63) is 17.5 Å². The van der Waals surface area contributed by atoms with E-state index < -0.39 is 0 Å². The number of hydrogen-bond donors (Lipinski definition) is 0. The zero-order chi connectivity index (χ0) is 11.0. The molecule has 0 amide bonds. The molecule has 2 saturated carbocycles. The van der Waals surface area contributed by atoms with Gasteiger partial charge in [0.1, 0.15) is 0 Å². The Labute approximate surface area is 101 Å². The summed E-state index contributed by atoms with van der Waals surface area (Å²) in [6, 6.07) is 0. The van der Waals surface area contributed by atoms with E-state index in [-0.39, 0.29) is 0 Å². The van der Waals surface area contributed by atoms with Crippen molar-refractivity contribution in [3.8, 4) is 0 Å². The molecule has 2 aliphatic carbocycles. The van der Waals surface area contributed by atoms with E-state index in [0.717, 1.165) is 30.7 Å². The molecule has 16 heavy (non-hydrogen) atoms. The molecular weight excluding hydrogens is 222 g/mol. The predicted molar refractivity (Wildman–Crippen MR) is 64.7 cm³/mol. The third-order valence-corrected chi connectivity index (χ3v) is 3.55. The number of anilines is 1. The zero-order valence-electron chi connectivity index (χ0n) is 9.27. The minimum atomic E-state index is 0.545. The van der Waals surface area contributed by atoms with Gasteiger partial charge in [0, 0.05) is 25.5 Å². The van der Waals surface area contributed by atoms with Crippen LogP contribution in [0.1, 0.15) is 25.7 Å². The zero-order valence-corrected chi connectivity index (χ0v) is 10.0. The van der Waals surface area contributed by atoms with Gasteiger partial charge in [0.2, 0.25) is 0 Å². The Morgan fingerprint density at radius 3 is 2.12 bits per heavy atom. The van der Waals surface area contributed by atoms with Crippen LogP contribution < -0.4 is 4.90 Å². The summed E-state index contributed by atoms with van der Waals surface area (Å²) in [4.78, 5) is 10.8. The number of hydrogen-bond acceptors (Lipinski definition) is 3. The normalized spacial score (nSPS) is 19.8. The fourth-order valence-electron chi connectivity index (χ4n) is 2.00. The number of aromatic nitrogens is 2. The summed E-state index contributed by atoms with van der Waals surface area (Å²) in [5, 5.41) is 0.545. The van der Waals surface area contributed by atoms with E-state index in [1.165, 1.54) is 25.7 Å². The van der Waals surface area contributed by atoms with Crippen LogP contribution >= 0.6 is 11.6 Å². The quantitative estimate of drug-likeness (QED) is 0.789. The molecular formula is C12H16ClN3. The lowest BCUT2D eigenvalue weighted by Gasteiger charge is -2.23. The van der Waals surface area contributed by atoms with Crippen molar-refractivity contribution in [1.82, 2.24) is 9.97 Å². The van der Waals surface area contributed by atoms with Gasteiger partial charge in [-0.1, -0.05) is 11.6 Å². The van der Waals surface area contributed by atoms with Crippen LogP contribution in [0.2, 0.25) is 5.15 Å². The van der Waals surface area contributed by atoms with Gasteiger partial charge in [-0.2, -0.15) is 0 Å². The first-order chi connectivity index (χ1) is 7.83. The lowest BCUT2D eigenvalue weighted by atomic mass is 10.3. The van der Waals surface area contributed by atoms with E-state index in [1.807, 2.05) is 0 Å². The molecule has 2 aliphatic rings. The summed E-state index contributed by atoms with van der Waals surface area (Å²) in [6.07, 6.45) is 8.82. The largest absolute Gasteiger partial charge is 0.354 e. The summed E-state index contributed by atoms with van der Waals surface area (Å²) >= 11 is 6.11. The van der Waals surface area contributed by atoms with Crippen LogP contribution in [-0.4, -0.2) is 23.1 Å². The molecule has 3 rings (SSSR count). The molecule has 4 heteroatoms. The standard InChI is InChI=1S/C12H16ClN3/c13-11-12(15-6-5-14-11)16(7-9-1-2-9)8-10-3-4-10/h5-6,9-10H,1-4,7-8H2. The van der Waals surface area contributed by atoms with Crippen molar-refractivity contribution >= 4 is 17.4 Å². The first-order valence-electron chi connectivity index (χ1n) is 6.04. The lowest BCUT2D eigenvalue weighted by Crippen LogP contribution is -2.29. The maximum Gasteiger partial charge on any atom is 0.171 e. The van der Waals surface area contributed by atoms with Gasteiger partial charge in [0.05, 0.1) is 0 Å². The molecule has 0 bridgehead atoms. The molecule has 1 aromatic rings. The first-order valence-corrected chi connectivity index (χ1v) is 6.42. The molecule has 0 aliphatic heterocycles. The van der Waals surface area contributed by atoms with Gasteiger partial charge in [-0.15, -0.1) is 0 Å². The van der Waals surface area contributed by atoms with Crippen molar-refractivity contribution in [1.29, 1.82) is 0 Å². The van der Waals surface area contributed by atoms with Gasteiger partial charge >= 0.3 is 0 Å². The lowest BCUT2D eigenvalue weighted by molar-refractivity contribution is 0.670. The molecule has 2 fully saturated rings. The van der Waals surface area contributed by atoms with Crippen molar-refractivity contribution in [2.45, 2.75) is 25.7 Å². The first kappa shape index (κ1) is 10.3. The SMILES string of the molecule is Clc1nccnc1N(CC1CC1)CC1CC1. The third-order valence-electron chi connectivity index (χ3n) is 3.29. The predicted octanol–water partition coefficient (Wildman–Crippen LogP) is 2.76. The highest BCUT2D eigenvalue weighted by molar-refractivity contribution is 6.31. The number of rotatable bonds is 5. The molecule has 3 nitrogen and oxygen atoms in total. The van der Waals surface area contributed by atoms with Crippen LogP contribution in [0.15, 0.2) is 12.4 Å². The summed E-state index contributed by atoms with van der Waals surface area (Å²) in [6.45, 7) is 2.21. The summed E-state index contributed by atoms with van der Waals surface area (Å²) in [5.41, 5.74) is 0. The fraction of sp³-hybridized carbons (Fsp3) is 0.667. The molecule has 0 spiro atoms. The Hall–Kier alpha value is -0.830. The summed E-state index contributed by atoms with van der Waals surface area (Å²) in [7, 11) is 0. The maximum atomic E-state index is 6.11. The second-order valence-electron chi connectivity index (χ2n) is 4.96. The Kier molecular flexibility index (Phi) is 2.72. The molecule has 86 valence electrons. The minimum absolute atomic E-state index is 0.545. The average molecular weight is 238 g/mol. The molecule has 1 aromatic heterocycles. The average Bonchev–Trinajstić information content (AvgIpc) is 3.12. The second-order valence-corrected chi connectivity index (χ2v) is 5.32. The van der Waals surface area contributed by atoms with Crippen LogP contribution in [0.3, 0.4) is 0 Å². The molecule has 0 unspecified atom stereocenters. The van der Waals surface area contributed by atoms with E-state index in [9.17, 15) is 0 Å². The molecule has 0 atom stereocenters. The van der Waals surface area contributed by atoms with Crippen LogP contribution in [-0.2, 0) is 0 Å². The minimum Gasteiger partial charge on any atom is -0.354 e. The third kappa shape index (κ3) is 2.46. The van der Waals surface area contributed by atoms with Crippen LogP contribution in [0, 0.1) is 11.8 Å². The molecule has 0 saturated heterocycles. The highest BCUT2D eigenvalue weighted by Crippen LogP contribution is 2.36. The van der Waals surface area contributed by atoms with Crippen molar-refractivity contribution in [3.63, 3.8) is 0 Å². The van der Waals surface area contributed by atoms with Gasteiger partial charge in [0.25, 0.3) is 0 Å². The Morgan fingerprint density at radius 2 is 1.62 bits per heavy atom. The van der Waals surface area contributed by atoms with Gasteiger partial charge in [-0.25, -0.2) is 9.97 Å². The second kappa shape index (κ2) is 4.21. The van der Waals surface area contributed by atoms with Crippen molar-refractivity contribution in [2.75, 3.05) is 18.0 Å². The summed E-state index contributed by atoms with van der Waals surface area (Å²) in [5.74, 6) is 2.59. The Morgan fingerprint density at radius 1 is 1.06 bits per heavy atom. The highest BCUT2D eigenvalue weighted by Gasteiger charge is 2.30. The van der Waals surface area contributed by atoms with E-state index in [2.05, 4.69) is 14.9 Å². The fourth-order valence-corrected chi connectivity index (χ4v) is 2.22. The summed E-state index contributed by atoms with van der Waals surface area (Å²) < 4.78 is 0. The number of nitrogens with zero attached hydrogens (tertiary/aromatic N) is 3. The van der Waals surface area contributed by atoms with E-state index in [4.69, 9.17) is 11.6 Å². The molecule has 0 aromatic carbocycles. The van der Waals surface area contributed by atoms with Crippen LogP contribution in [0.4, 0.5) is 5.82 Å².